The minimum Gasteiger partial charge on any atom is -0.317 e. The highest BCUT2D eigenvalue weighted by molar-refractivity contribution is 4.69. The second kappa shape index (κ2) is 3.89. The molecule has 1 nitrogen and oxygen atoms in total. The van der Waals surface area contributed by atoms with E-state index < -0.39 is 0 Å². The van der Waals surface area contributed by atoms with Crippen LogP contribution < -0.4 is 5.32 Å². The Bertz CT molecular complexity index is 71.7. The Labute approximate surface area is 59.3 Å². The van der Waals surface area contributed by atoms with Crippen molar-refractivity contribution in [3.05, 3.63) is 0 Å². The van der Waals surface area contributed by atoms with Crippen molar-refractivity contribution in [1.29, 1.82) is 0 Å². The van der Waals surface area contributed by atoms with Gasteiger partial charge in [-0.05, 0) is 25.4 Å². The van der Waals surface area contributed by atoms with Crippen LogP contribution in [0, 0.1) is 5.92 Å². The monoisotopic (exact) mass is 129 g/mol. The van der Waals surface area contributed by atoms with Crippen LogP contribution in [0.25, 0.3) is 0 Å². The lowest BCUT2D eigenvalue weighted by Gasteiger charge is -2.24. The topological polar surface area (TPSA) is 12.0 Å². The summed E-state index contributed by atoms with van der Waals surface area (Å²) in [5, 5.41) is 3.35. The largest absolute Gasteiger partial charge is 0.317 e. The third-order valence-corrected chi connectivity index (χ3v) is 2.20. The van der Waals surface area contributed by atoms with Crippen LogP contribution in [0.2, 0.25) is 0 Å². The van der Waals surface area contributed by atoms with Gasteiger partial charge in [0.25, 0.3) is 0 Å². The molecule has 0 heterocycles. The second-order valence-electron chi connectivity index (χ2n) is 2.94. The van der Waals surface area contributed by atoms with Crippen LogP contribution in [0.5, 0.6) is 0 Å². The molecule has 9 heavy (non-hydrogen) atoms. The van der Waals surface area contributed by atoms with Gasteiger partial charge in [-0.2, -0.15) is 0 Å². The Morgan fingerprint density at radius 1 is 1.56 bits per heavy atom. The van der Waals surface area contributed by atoms with E-state index in [2.05, 4.69) is 12.2 Å². The fourth-order valence-corrected chi connectivity index (χ4v) is 1.26. The maximum absolute atomic E-state index is 3.35. The van der Waals surface area contributed by atoms with E-state index >= 15 is 0 Å². The van der Waals surface area contributed by atoms with Gasteiger partial charge >= 0.3 is 0 Å². The minimum atomic E-state index is 0. The van der Waals surface area contributed by atoms with Crippen LogP contribution >= 0.6 is 0 Å². The Morgan fingerprint density at radius 2 is 2.33 bits per heavy atom. The van der Waals surface area contributed by atoms with Crippen molar-refractivity contribution in [2.75, 3.05) is 13.1 Å². The maximum Gasteiger partial charge on any atom is 0 e. The highest BCUT2D eigenvalue weighted by atomic mass is 14.8. The SMILES string of the molecule is CCNCCC1CCC1.[HH]. The van der Waals surface area contributed by atoms with E-state index in [1.807, 2.05) is 0 Å². The van der Waals surface area contributed by atoms with E-state index in [0.717, 1.165) is 12.5 Å². The van der Waals surface area contributed by atoms with Crippen molar-refractivity contribution in [3.63, 3.8) is 0 Å². The van der Waals surface area contributed by atoms with Gasteiger partial charge in [0, 0.05) is 1.43 Å². The number of rotatable bonds is 4. The molecule has 0 aromatic carbocycles. The maximum atomic E-state index is 3.35. The van der Waals surface area contributed by atoms with Crippen LogP contribution in [0.3, 0.4) is 0 Å². The number of nitrogens with one attached hydrogen (secondary N) is 1. The van der Waals surface area contributed by atoms with Gasteiger partial charge in [-0.1, -0.05) is 26.2 Å². The standard InChI is InChI=1S/C8H17N.H2/c1-2-9-7-6-8-4-3-5-8;/h8-9H,2-7H2,1H3;1H. The Morgan fingerprint density at radius 3 is 2.78 bits per heavy atom. The highest BCUT2D eigenvalue weighted by Gasteiger charge is 2.15. The van der Waals surface area contributed by atoms with Crippen LogP contribution in [0.1, 0.15) is 34.0 Å². The van der Waals surface area contributed by atoms with Gasteiger partial charge in [-0.15, -0.1) is 0 Å². The first-order valence-corrected chi connectivity index (χ1v) is 4.14. The first-order valence-electron chi connectivity index (χ1n) is 4.14. The second-order valence-corrected chi connectivity index (χ2v) is 2.94. The van der Waals surface area contributed by atoms with E-state index in [1.54, 1.807) is 0 Å². The minimum absolute atomic E-state index is 0. The summed E-state index contributed by atoms with van der Waals surface area (Å²) in [7, 11) is 0. The molecule has 1 aliphatic carbocycles. The predicted octanol–water partition coefficient (Wildman–Crippen LogP) is 2.03. The van der Waals surface area contributed by atoms with Crippen molar-refractivity contribution in [2.24, 2.45) is 5.92 Å². The number of hydrogen-bond acceptors (Lipinski definition) is 1. The molecule has 1 aliphatic rings. The Kier molecular flexibility index (Phi) is 3.05. The van der Waals surface area contributed by atoms with Gasteiger partial charge in [0.1, 0.15) is 0 Å². The summed E-state index contributed by atoms with van der Waals surface area (Å²) in [5.41, 5.74) is 0. The summed E-state index contributed by atoms with van der Waals surface area (Å²) < 4.78 is 0. The van der Waals surface area contributed by atoms with Crippen molar-refractivity contribution in [3.8, 4) is 0 Å². The molecule has 1 heteroatoms. The molecule has 0 atom stereocenters. The molecule has 0 bridgehead atoms. The molecule has 1 fully saturated rings. The molecular weight excluding hydrogens is 110 g/mol. The molecule has 56 valence electrons. The molecule has 0 spiro atoms. The average molecular weight is 129 g/mol. The lowest BCUT2D eigenvalue weighted by atomic mass is 9.83. The van der Waals surface area contributed by atoms with Crippen molar-refractivity contribution in [1.82, 2.24) is 5.32 Å². The van der Waals surface area contributed by atoms with Gasteiger partial charge in [0.05, 0.1) is 0 Å². The Hall–Kier alpha value is -0.0400. The quantitative estimate of drug-likeness (QED) is 0.573. The predicted molar refractivity (Wildman–Crippen MR) is 42.6 cm³/mol. The van der Waals surface area contributed by atoms with Crippen LogP contribution in [-0.4, -0.2) is 13.1 Å². The van der Waals surface area contributed by atoms with E-state index in [0.29, 0.717) is 0 Å². The summed E-state index contributed by atoms with van der Waals surface area (Å²) in [6.45, 7) is 4.54. The molecule has 0 radical (unpaired) electrons. The molecular formula is C8H19N. The molecule has 0 aromatic rings. The molecule has 1 rings (SSSR count). The molecule has 1 saturated carbocycles. The third kappa shape index (κ3) is 2.35. The van der Waals surface area contributed by atoms with Gasteiger partial charge in [0.2, 0.25) is 0 Å². The zero-order chi connectivity index (χ0) is 6.53. The normalized spacial score (nSPS) is 19.7. The zero-order valence-electron chi connectivity index (χ0n) is 6.32. The molecule has 1 N–H and O–H groups in total. The zero-order valence-corrected chi connectivity index (χ0v) is 6.32. The first-order chi connectivity index (χ1) is 4.43. The summed E-state index contributed by atoms with van der Waals surface area (Å²) >= 11 is 0. The van der Waals surface area contributed by atoms with Gasteiger partial charge < -0.3 is 5.32 Å². The van der Waals surface area contributed by atoms with Gasteiger partial charge in [0.15, 0.2) is 0 Å². The number of hydrogen-bond donors (Lipinski definition) is 1. The van der Waals surface area contributed by atoms with Gasteiger partial charge in [-0.3, -0.25) is 0 Å². The lowest BCUT2D eigenvalue weighted by molar-refractivity contribution is 0.293. The smallest absolute Gasteiger partial charge is 0 e. The Balaban J connectivity index is 0.000000810. The molecule has 0 aromatic heterocycles. The summed E-state index contributed by atoms with van der Waals surface area (Å²) in [4.78, 5) is 0. The van der Waals surface area contributed by atoms with E-state index in [9.17, 15) is 0 Å². The molecule has 0 amide bonds. The van der Waals surface area contributed by atoms with Crippen LogP contribution in [0.4, 0.5) is 0 Å². The summed E-state index contributed by atoms with van der Waals surface area (Å²) in [6, 6.07) is 0. The van der Waals surface area contributed by atoms with E-state index in [1.165, 1.54) is 32.2 Å². The first kappa shape index (κ1) is 7.07. The van der Waals surface area contributed by atoms with E-state index in [4.69, 9.17) is 0 Å². The summed E-state index contributed by atoms with van der Waals surface area (Å²) in [5.74, 6) is 1.07. The molecule has 0 unspecified atom stereocenters. The lowest BCUT2D eigenvalue weighted by Crippen LogP contribution is -2.20. The van der Waals surface area contributed by atoms with Crippen LogP contribution in [0.15, 0.2) is 0 Å². The third-order valence-electron chi connectivity index (χ3n) is 2.20. The highest BCUT2D eigenvalue weighted by Crippen LogP contribution is 2.28. The fraction of sp³-hybridized carbons (Fsp3) is 1.00. The summed E-state index contributed by atoms with van der Waals surface area (Å²) in [6.07, 6.45) is 5.88. The van der Waals surface area contributed by atoms with Crippen molar-refractivity contribution >= 4 is 0 Å². The van der Waals surface area contributed by atoms with E-state index in [-0.39, 0.29) is 1.43 Å². The average Bonchev–Trinajstić information content (AvgIpc) is 1.76. The van der Waals surface area contributed by atoms with Crippen molar-refractivity contribution in [2.45, 2.75) is 32.6 Å². The van der Waals surface area contributed by atoms with Crippen molar-refractivity contribution < 1.29 is 1.43 Å². The fourth-order valence-electron chi connectivity index (χ4n) is 1.26. The van der Waals surface area contributed by atoms with Crippen LogP contribution in [-0.2, 0) is 0 Å². The van der Waals surface area contributed by atoms with Gasteiger partial charge in [-0.25, -0.2) is 0 Å². The molecule has 0 aliphatic heterocycles. The molecule has 0 saturated heterocycles.